The van der Waals surface area contributed by atoms with Crippen LogP contribution in [-0.4, -0.2) is 73.2 Å². The molecular weight excluding hydrogens is 580 g/mol. The highest BCUT2D eigenvalue weighted by Gasteiger charge is 2.24. The summed E-state index contributed by atoms with van der Waals surface area (Å²) in [5.41, 5.74) is 1.99. The maximum absolute atomic E-state index is 14.3. The second kappa shape index (κ2) is 12.1. The van der Waals surface area contributed by atoms with Gasteiger partial charge >= 0.3 is 0 Å². The Bertz CT molecular complexity index is 1860. The number of fused-ring (bicyclic) bond motifs is 1. The van der Waals surface area contributed by atoms with E-state index < -0.39 is 26.6 Å². The molecule has 14 heteroatoms. The van der Waals surface area contributed by atoms with Gasteiger partial charge in [-0.05, 0) is 48.9 Å². The van der Waals surface area contributed by atoms with Crippen LogP contribution in [0.1, 0.15) is 6.92 Å². The lowest BCUT2D eigenvalue weighted by Gasteiger charge is -2.35. The van der Waals surface area contributed by atoms with Gasteiger partial charge in [0.1, 0.15) is 34.5 Å². The maximum atomic E-state index is 14.3. The van der Waals surface area contributed by atoms with Crippen molar-refractivity contribution in [2.45, 2.75) is 11.8 Å². The quantitative estimate of drug-likeness (QED) is 0.288. The van der Waals surface area contributed by atoms with Gasteiger partial charge in [-0.2, -0.15) is 0 Å². The van der Waals surface area contributed by atoms with Gasteiger partial charge in [-0.25, -0.2) is 32.2 Å². The van der Waals surface area contributed by atoms with Crippen LogP contribution in [0.15, 0.2) is 72.0 Å². The lowest BCUT2D eigenvalue weighted by Crippen LogP contribution is -2.48. The molecule has 2 aromatic heterocycles. The van der Waals surface area contributed by atoms with Crippen LogP contribution in [0.4, 0.5) is 26.1 Å². The Hall–Kier alpha value is -4.98. The minimum absolute atomic E-state index is 0.0629. The van der Waals surface area contributed by atoms with Crippen molar-refractivity contribution in [3.63, 3.8) is 0 Å². The molecule has 0 unspecified atom stereocenters. The number of halogens is 2. The van der Waals surface area contributed by atoms with Crippen molar-refractivity contribution in [3.05, 3.63) is 78.8 Å². The molecule has 2 aromatic carbocycles. The molecule has 5 rings (SSSR count). The highest BCUT2D eigenvalue weighted by molar-refractivity contribution is 7.92. The molecule has 0 bridgehead atoms. The van der Waals surface area contributed by atoms with E-state index in [9.17, 15) is 26.8 Å². The van der Waals surface area contributed by atoms with Crippen molar-refractivity contribution in [3.8, 4) is 11.1 Å². The van der Waals surface area contributed by atoms with E-state index in [1.165, 1.54) is 25.4 Å². The zero-order valence-corrected chi connectivity index (χ0v) is 24.0. The van der Waals surface area contributed by atoms with Crippen LogP contribution in [0.2, 0.25) is 0 Å². The van der Waals surface area contributed by atoms with Crippen LogP contribution in [0.3, 0.4) is 0 Å². The molecule has 43 heavy (non-hydrogen) atoms. The molecule has 1 fully saturated rings. The zero-order valence-electron chi connectivity index (χ0n) is 23.2. The average Bonchev–Trinajstić information content (AvgIpc) is 2.99. The number of sulfonamides is 1. The number of benzene rings is 2. The average molecular weight is 608 g/mol. The van der Waals surface area contributed by atoms with Gasteiger partial charge in [0.25, 0.3) is 10.0 Å². The van der Waals surface area contributed by atoms with Gasteiger partial charge < -0.3 is 15.1 Å². The van der Waals surface area contributed by atoms with Crippen LogP contribution in [0.5, 0.6) is 0 Å². The number of piperazine rings is 1. The summed E-state index contributed by atoms with van der Waals surface area (Å²) in [5.74, 6) is -1.67. The molecule has 3 heterocycles. The molecule has 1 aliphatic heterocycles. The Kier molecular flexibility index (Phi) is 8.30. The third-order valence-electron chi connectivity index (χ3n) is 6.85. The van der Waals surface area contributed by atoms with Crippen molar-refractivity contribution in [1.29, 1.82) is 0 Å². The van der Waals surface area contributed by atoms with Gasteiger partial charge in [0.05, 0.1) is 11.2 Å². The molecule has 1 saturated heterocycles. The second-order valence-corrected chi connectivity index (χ2v) is 11.4. The van der Waals surface area contributed by atoms with E-state index in [2.05, 4.69) is 25.0 Å². The lowest BCUT2D eigenvalue weighted by molar-refractivity contribution is -0.126. The van der Waals surface area contributed by atoms with E-state index in [1.54, 1.807) is 24.2 Å². The number of nitrogens with one attached hydrogen (secondary N) is 2. The molecule has 0 radical (unpaired) electrons. The van der Waals surface area contributed by atoms with Crippen LogP contribution in [0, 0.1) is 11.6 Å². The van der Waals surface area contributed by atoms with E-state index in [4.69, 9.17) is 0 Å². The summed E-state index contributed by atoms with van der Waals surface area (Å²) in [6, 6.07) is 9.26. The van der Waals surface area contributed by atoms with Crippen molar-refractivity contribution in [2.24, 2.45) is 0 Å². The molecule has 1 aliphatic rings. The van der Waals surface area contributed by atoms with Crippen molar-refractivity contribution >= 4 is 49.9 Å². The summed E-state index contributed by atoms with van der Waals surface area (Å²) in [7, 11) is -2.85. The molecule has 11 nitrogen and oxygen atoms in total. The van der Waals surface area contributed by atoms with E-state index >= 15 is 0 Å². The number of carbonyl (C=O) groups excluding carboxylic acids is 2. The number of pyridine rings is 1. The molecule has 4 aromatic rings. The summed E-state index contributed by atoms with van der Waals surface area (Å²) in [4.78, 5) is 39.8. The summed E-state index contributed by atoms with van der Waals surface area (Å²) in [6.07, 6.45) is 5.56. The van der Waals surface area contributed by atoms with Gasteiger partial charge in [-0.3, -0.25) is 14.3 Å². The Labute approximate surface area is 246 Å². The number of amides is 1. The summed E-state index contributed by atoms with van der Waals surface area (Å²) < 4.78 is 56.0. The molecule has 0 saturated carbocycles. The smallest absolute Gasteiger partial charge is 0.264 e. The minimum atomic E-state index is -4.41. The predicted molar refractivity (Wildman–Crippen MR) is 158 cm³/mol. The zero-order chi connectivity index (χ0) is 30.7. The van der Waals surface area contributed by atoms with Crippen LogP contribution < -0.4 is 14.9 Å². The van der Waals surface area contributed by atoms with E-state index in [1.807, 2.05) is 23.1 Å². The number of allylic oxidation sites excluding steroid dienone is 1. The number of ketones is 1. The fraction of sp³-hybridized carbons (Fsp3) is 0.207. The minimum Gasteiger partial charge on any atom is -0.371 e. The van der Waals surface area contributed by atoms with E-state index in [-0.39, 0.29) is 23.2 Å². The summed E-state index contributed by atoms with van der Waals surface area (Å²) in [6.45, 7) is 3.30. The predicted octanol–water partition coefficient (Wildman–Crippen LogP) is 3.61. The van der Waals surface area contributed by atoms with Gasteiger partial charge in [0.15, 0.2) is 5.78 Å². The SMILES string of the molecule is CNc1ncc(-c2ccc3ncnc(N4CCN(C(=O)/C=C/C(C)=O)CC4)c3c2)cc1NS(=O)(=O)c1ccc(F)cc1F. The molecule has 1 amide bonds. The standard InChI is InChI=1S/C29H27F2N7O4S/c1-18(39)3-8-27(40)37-9-11-38(12-10-37)29-22-13-19(4-6-24(22)34-17-35-29)20-14-25(28(32-2)33-16-20)36-43(41,42)26-7-5-21(30)15-23(26)31/h3-8,13-17,36H,9-12H2,1-2H3,(H,32,33)/b8-3+. The number of anilines is 3. The lowest BCUT2D eigenvalue weighted by atomic mass is 10.0. The molecule has 2 N–H and O–H groups in total. The normalized spacial score (nSPS) is 13.9. The Morgan fingerprint density at radius 3 is 2.40 bits per heavy atom. The van der Waals surface area contributed by atoms with Gasteiger partial charge in [0.2, 0.25) is 5.91 Å². The molecule has 222 valence electrons. The number of hydrogen-bond acceptors (Lipinski definition) is 9. The Balaban J connectivity index is 1.43. The fourth-order valence-corrected chi connectivity index (χ4v) is 5.82. The van der Waals surface area contributed by atoms with Gasteiger partial charge in [-0.1, -0.05) is 6.07 Å². The number of hydrogen-bond donors (Lipinski definition) is 2. The number of rotatable bonds is 8. The van der Waals surface area contributed by atoms with Crippen molar-refractivity contribution < 1.29 is 26.8 Å². The molecular formula is C29H27F2N7O4S. The first kappa shape index (κ1) is 29.5. The van der Waals surface area contributed by atoms with E-state index in [0.717, 1.165) is 17.5 Å². The van der Waals surface area contributed by atoms with E-state index in [0.29, 0.717) is 54.7 Å². The number of nitrogens with zero attached hydrogens (tertiary/aromatic N) is 5. The largest absolute Gasteiger partial charge is 0.371 e. The van der Waals surface area contributed by atoms with Gasteiger partial charge in [0, 0.05) is 62.5 Å². The Morgan fingerprint density at radius 2 is 1.70 bits per heavy atom. The monoisotopic (exact) mass is 607 g/mol. The van der Waals surface area contributed by atoms with Crippen LogP contribution >= 0.6 is 0 Å². The fourth-order valence-electron chi connectivity index (χ4n) is 4.70. The van der Waals surface area contributed by atoms with Gasteiger partial charge in [-0.15, -0.1) is 0 Å². The molecule has 0 spiro atoms. The van der Waals surface area contributed by atoms with Crippen LogP contribution in [0.25, 0.3) is 22.0 Å². The highest BCUT2D eigenvalue weighted by Crippen LogP contribution is 2.33. The molecule has 0 aliphatic carbocycles. The summed E-state index contributed by atoms with van der Waals surface area (Å²) >= 11 is 0. The first-order valence-corrected chi connectivity index (χ1v) is 14.7. The van der Waals surface area contributed by atoms with Crippen molar-refractivity contribution in [1.82, 2.24) is 19.9 Å². The third-order valence-corrected chi connectivity index (χ3v) is 8.25. The maximum Gasteiger partial charge on any atom is 0.264 e. The number of aromatic nitrogens is 3. The highest BCUT2D eigenvalue weighted by atomic mass is 32.2. The first-order chi connectivity index (χ1) is 20.6. The first-order valence-electron chi connectivity index (χ1n) is 13.2. The topological polar surface area (TPSA) is 137 Å². The second-order valence-electron chi connectivity index (χ2n) is 9.74. The van der Waals surface area contributed by atoms with Crippen LogP contribution in [-0.2, 0) is 19.6 Å². The molecule has 0 atom stereocenters. The number of carbonyl (C=O) groups is 2. The Morgan fingerprint density at radius 1 is 0.930 bits per heavy atom. The van der Waals surface area contributed by atoms with Crippen molar-refractivity contribution in [2.75, 3.05) is 48.2 Å². The summed E-state index contributed by atoms with van der Waals surface area (Å²) in [5, 5.41) is 3.55. The third kappa shape index (κ3) is 6.43.